The molecule has 1 aliphatic rings. The fraction of sp³-hybridized carbons (Fsp3) is 0.457. The van der Waals surface area contributed by atoms with E-state index in [9.17, 15) is 13.2 Å². The molecule has 0 bridgehead atoms. The highest BCUT2D eigenvalue weighted by molar-refractivity contribution is 7.86. The molecule has 0 saturated heterocycles. The molecule has 11 nitrogen and oxygen atoms in total. The Kier molecular flexibility index (Phi) is 15.6. The number of nitrogens with one attached hydrogen (secondary N) is 1. The quantitative estimate of drug-likeness (QED) is 0.112. The molecule has 0 aromatic heterocycles. The molecule has 4 rings (SSSR count). The van der Waals surface area contributed by atoms with Crippen LogP contribution in [0.4, 0.5) is 4.79 Å². The Hall–Kier alpha value is -3.36. The van der Waals surface area contributed by atoms with Crippen LogP contribution in [-0.4, -0.2) is 100 Å². The normalized spacial score (nSPS) is 12.5. The van der Waals surface area contributed by atoms with Crippen molar-refractivity contribution < 1.29 is 45.8 Å². The highest BCUT2D eigenvalue weighted by Gasteiger charge is 2.28. The van der Waals surface area contributed by atoms with Gasteiger partial charge in [-0.25, -0.2) is 4.79 Å². The van der Waals surface area contributed by atoms with Gasteiger partial charge in [0.2, 0.25) is 0 Å². The molecule has 0 fully saturated rings. The predicted octanol–water partition coefficient (Wildman–Crippen LogP) is 4.71. The Morgan fingerprint density at radius 2 is 1.11 bits per heavy atom. The van der Waals surface area contributed by atoms with E-state index < -0.39 is 16.2 Å². The summed E-state index contributed by atoms with van der Waals surface area (Å²) in [6, 6.07) is 23.0. The van der Waals surface area contributed by atoms with Crippen LogP contribution in [0.1, 0.15) is 29.0 Å². The number of hydrogen-bond donors (Lipinski definition) is 1. The van der Waals surface area contributed by atoms with Crippen molar-refractivity contribution in [2.45, 2.75) is 24.2 Å². The molecule has 1 N–H and O–H groups in total. The number of carbonyl (C=O) groups is 1. The van der Waals surface area contributed by atoms with Crippen LogP contribution in [0.15, 0.2) is 77.7 Å². The summed E-state index contributed by atoms with van der Waals surface area (Å²) in [5.74, 6) is 0.0415. The Balaban J connectivity index is 0.880. The minimum atomic E-state index is -3.78. The van der Waals surface area contributed by atoms with Crippen molar-refractivity contribution in [1.29, 1.82) is 0 Å². The first-order chi connectivity index (χ1) is 23.0. The monoisotopic (exact) mass is 671 g/mol. The van der Waals surface area contributed by atoms with Crippen molar-refractivity contribution in [2.24, 2.45) is 0 Å². The fourth-order valence-corrected chi connectivity index (χ4v) is 5.86. The average molecular weight is 672 g/mol. The van der Waals surface area contributed by atoms with Gasteiger partial charge in [0, 0.05) is 19.1 Å². The molecule has 0 spiro atoms. The third-order valence-electron chi connectivity index (χ3n) is 7.34. The van der Waals surface area contributed by atoms with Crippen LogP contribution in [0.2, 0.25) is 0 Å². The maximum Gasteiger partial charge on any atom is 0.407 e. The molecule has 3 aromatic carbocycles. The highest BCUT2D eigenvalue weighted by atomic mass is 32.2. The van der Waals surface area contributed by atoms with Crippen LogP contribution in [0.25, 0.3) is 11.1 Å². The van der Waals surface area contributed by atoms with Gasteiger partial charge in [-0.2, -0.15) is 8.42 Å². The zero-order chi connectivity index (χ0) is 33.2. The van der Waals surface area contributed by atoms with Crippen LogP contribution >= 0.6 is 0 Å². The van der Waals surface area contributed by atoms with Crippen molar-refractivity contribution in [3.63, 3.8) is 0 Å². The number of aryl methyl sites for hydroxylation is 1. The second-order valence-corrected chi connectivity index (χ2v) is 12.4. The van der Waals surface area contributed by atoms with Gasteiger partial charge >= 0.3 is 6.09 Å². The Labute approximate surface area is 277 Å². The minimum absolute atomic E-state index is 0.0415. The standard InChI is InChI=1S/C35H45NO10S/c1-28-11-13-29(14-12-28)47(38,39)46-26-25-44-24-23-43-22-21-42-20-19-41-18-17-40-16-6-15-36-35(37)45-27-34-32-9-4-2-7-30(32)31-8-3-5-10-33(31)34/h2-5,7-14,34H,6,15-27H2,1H3,(H,36,37). The smallest absolute Gasteiger partial charge is 0.407 e. The van der Waals surface area contributed by atoms with E-state index in [1.54, 1.807) is 12.1 Å². The molecular formula is C35H45NO10S. The molecule has 0 heterocycles. The third-order valence-corrected chi connectivity index (χ3v) is 8.67. The van der Waals surface area contributed by atoms with Crippen LogP contribution < -0.4 is 5.32 Å². The summed E-state index contributed by atoms with van der Waals surface area (Å²) in [6.07, 6.45) is 0.242. The summed E-state index contributed by atoms with van der Waals surface area (Å²) in [4.78, 5) is 12.4. The lowest BCUT2D eigenvalue weighted by Crippen LogP contribution is -2.27. The van der Waals surface area contributed by atoms with Gasteiger partial charge in [-0.3, -0.25) is 4.18 Å². The zero-order valence-electron chi connectivity index (χ0n) is 26.9. The van der Waals surface area contributed by atoms with E-state index in [1.165, 1.54) is 34.4 Å². The first kappa shape index (κ1) is 36.5. The Morgan fingerprint density at radius 1 is 0.638 bits per heavy atom. The summed E-state index contributed by atoms with van der Waals surface area (Å²) in [6.45, 7) is 6.54. The van der Waals surface area contributed by atoms with E-state index in [0.29, 0.717) is 79.0 Å². The first-order valence-corrected chi connectivity index (χ1v) is 17.3. The second-order valence-electron chi connectivity index (χ2n) is 10.8. The maximum absolute atomic E-state index is 12.2. The van der Waals surface area contributed by atoms with Crippen molar-refractivity contribution in [2.75, 3.05) is 85.8 Å². The van der Waals surface area contributed by atoms with Crippen LogP contribution in [0, 0.1) is 6.92 Å². The summed E-state index contributed by atoms with van der Waals surface area (Å²) >= 11 is 0. The largest absolute Gasteiger partial charge is 0.449 e. The number of rotatable bonds is 23. The maximum atomic E-state index is 12.2. The van der Waals surface area contributed by atoms with Crippen molar-refractivity contribution >= 4 is 16.2 Å². The van der Waals surface area contributed by atoms with Crippen LogP contribution in [0.3, 0.4) is 0 Å². The SMILES string of the molecule is Cc1ccc(S(=O)(=O)OCCOCCOCCOCCOCCOCCCNC(=O)OCC2c3ccccc3-c3ccccc32)cc1. The molecule has 256 valence electrons. The zero-order valence-corrected chi connectivity index (χ0v) is 27.7. The van der Waals surface area contributed by atoms with E-state index in [2.05, 4.69) is 29.6 Å². The highest BCUT2D eigenvalue weighted by Crippen LogP contribution is 2.44. The number of amides is 1. The lowest BCUT2D eigenvalue weighted by Gasteiger charge is -2.14. The van der Waals surface area contributed by atoms with E-state index >= 15 is 0 Å². The van der Waals surface area contributed by atoms with Crippen LogP contribution in [-0.2, 0) is 42.7 Å². The van der Waals surface area contributed by atoms with Gasteiger partial charge < -0.3 is 33.7 Å². The van der Waals surface area contributed by atoms with E-state index in [4.69, 9.17) is 32.6 Å². The molecule has 0 radical (unpaired) electrons. The van der Waals surface area contributed by atoms with Crippen molar-refractivity contribution in [1.82, 2.24) is 5.32 Å². The number of ether oxygens (including phenoxy) is 6. The molecular weight excluding hydrogens is 626 g/mol. The van der Waals surface area contributed by atoms with E-state index in [1.807, 2.05) is 31.2 Å². The fourth-order valence-electron chi connectivity index (χ4n) is 4.97. The molecule has 1 aliphatic carbocycles. The minimum Gasteiger partial charge on any atom is -0.449 e. The van der Waals surface area contributed by atoms with Gasteiger partial charge in [0.15, 0.2) is 0 Å². The number of carbonyl (C=O) groups excluding carboxylic acids is 1. The lowest BCUT2D eigenvalue weighted by molar-refractivity contribution is -0.0126. The summed E-state index contributed by atoms with van der Waals surface area (Å²) in [7, 11) is -3.78. The van der Waals surface area contributed by atoms with Gasteiger partial charge in [-0.05, 0) is 47.7 Å². The molecule has 47 heavy (non-hydrogen) atoms. The number of alkyl carbamates (subject to hydrolysis) is 1. The molecule has 0 saturated carbocycles. The van der Waals surface area contributed by atoms with Gasteiger partial charge in [0.05, 0.1) is 71.0 Å². The Morgan fingerprint density at radius 3 is 1.64 bits per heavy atom. The number of hydrogen-bond acceptors (Lipinski definition) is 10. The topological polar surface area (TPSA) is 128 Å². The second kappa shape index (κ2) is 20.1. The van der Waals surface area contributed by atoms with E-state index in [-0.39, 0.29) is 24.0 Å². The summed E-state index contributed by atoms with van der Waals surface area (Å²) in [5, 5.41) is 2.79. The number of fused-ring (bicyclic) bond motifs is 3. The van der Waals surface area contributed by atoms with Gasteiger partial charge in [-0.15, -0.1) is 0 Å². The Bertz CT molecular complexity index is 1420. The van der Waals surface area contributed by atoms with E-state index in [0.717, 1.165) is 5.56 Å². The summed E-state index contributed by atoms with van der Waals surface area (Å²) < 4.78 is 62.0. The van der Waals surface area contributed by atoms with Crippen molar-refractivity contribution in [3.05, 3.63) is 89.5 Å². The van der Waals surface area contributed by atoms with Gasteiger partial charge in [0.1, 0.15) is 6.61 Å². The predicted molar refractivity (Wildman–Crippen MR) is 176 cm³/mol. The van der Waals surface area contributed by atoms with Gasteiger partial charge in [0.25, 0.3) is 10.1 Å². The molecule has 1 amide bonds. The van der Waals surface area contributed by atoms with Crippen LogP contribution in [0.5, 0.6) is 0 Å². The molecule has 3 aromatic rings. The molecule has 0 atom stereocenters. The lowest BCUT2D eigenvalue weighted by atomic mass is 9.98. The summed E-state index contributed by atoms with van der Waals surface area (Å²) in [5.41, 5.74) is 5.75. The van der Waals surface area contributed by atoms with Crippen molar-refractivity contribution in [3.8, 4) is 11.1 Å². The third kappa shape index (κ3) is 12.3. The average Bonchev–Trinajstić information content (AvgIpc) is 3.40. The van der Waals surface area contributed by atoms with Gasteiger partial charge in [-0.1, -0.05) is 66.2 Å². The molecule has 0 aliphatic heterocycles. The molecule has 12 heteroatoms. The first-order valence-electron chi connectivity index (χ1n) is 15.9. The molecule has 0 unspecified atom stereocenters. The number of benzene rings is 3.